The zero-order valence-electron chi connectivity index (χ0n) is 16.0. The van der Waals surface area contributed by atoms with Crippen LogP contribution in [-0.4, -0.2) is 37.6 Å². The molecule has 0 aliphatic rings. The lowest BCUT2D eigenvalue weighted by atomic mass is 10.1. The van der Waals surface area contributed by atoms with Crippen LogP contribution >= 0.6 is 0 Å². The number of hydrogen-bond donors (Lipinski definition) is 3. The monoisotopic (exact) mass is 383 g/mol. The predicted octanol–water partition coefficient (Wildman–Crippen LogP) is 2.50. The number of aromatic nitrogens is 5. The van der Waals surface area contributed by atoms with Gasteiger partial charge in [-0.05, 0) is 44.4 Å². The van der Waals surface area contributed by atoms with Crippen LogP contribution in [0.25, 0.3) is 0 Å². The Morgan fingerprint density at radius 2 is 2.07 bits per heavy atom. The number of halogens is 1. The van der Waals surface area contributed by atoms with Crippen LogP contribution in [-0.2, 0) is 6.42 Å². The van der Waals surface area contributed by atoms with E-state index >= 15 is 0 Å². The van der Waals surface area contributed by atoms with E-state index in [1.807, 2.05) is 20.0 Å². The number of nitrogens with zero attached hydrogens (tertiary/aromatic N) is 4. The van der Waals surface area contributed by atoms with Crippen LogP contribution in [0.2, 0.25) is 0 Å². The lowest BCUT2D eigenvalue weighted by Crippen LogP contribution is -2.29. The number of carbonyl (C=O) groups excluding carboxylic acids is 1. The first-order valence-electron chi connectivity index (χ1n) is 8.92. The van der Waals surface area contributed by atoms with Crippen molar-refractivity contribution < 1.29 is 9.18 Å². The molecule has 3 heterocycles. The van der Waals surface area contributed by atoms with Crippen molar-refractivity contribution in [3.63, 3.8) is 0 Å². The van der Waals surface area contributed by atoms with E-state index < -0.39 is 17.8 Å². The molecule has 1 unspecified atom stereocenters. The van der Waals surface area contributed by atoms with Gasteiger partial charge in [0.1, 0.15) is 11.6 Å². The molecule has 0 aliphatic carbocycles. The van der Waals surface area contributed by atoms with Crippen LogP contribution in [0.4, 0.5) is 10.2 Å². The molecule has 0 radical (unpaired) electrons. The number of aromatic amines is 1. The Morgan fingerprint density at radius 3 is 2.79 bits per heavy atom. The summed E-state index contributed by atoms with van der Waals surface area (Å²) in [6.45, 7) is 6.12. The smallest absolute Gasteiger partial charge is 0.289 e. The fraction of sp³-hybridized carbons (Fsp3) is 0.316. The highest BCUT2D eigenvalue weighted by molar-refractivity contribution is 5.91. The summed E-state index contributed by atoms with van der Waals surface area (Å²) in [5.74, 6) is -0.214. The van der Waals surface area contributed by atoms with E-state index in [1.165, 1.54) is 12.3 Å². The van der Waals surface area contributed by atoms with E-state index in [2.05, 4.69) is 35.8 Å². The van der Waals surface area contributed by atoms with Crippen molar-refractivity contribution in [3.05, 3.63) is 64.9 Å². The molecule has 0 bridgehead atoms. The summed E-state index contributed by atoms with van der Waals surface area (Å²) >= 11 is 0. The second kappa shape index (κ2) is 8.55. The molecule has 0 aliphatic heterocycles. The van der Waals surface area contributed by atoms with E-state index in [-0.39, 0.29) is 5.82 Å². The molecule has 0 saturated carbocycles. The van der Waals surface area contributed by atoms with Crippen molar-refractivity contribution >= 4 is 11.7 Å². The minimum absolute atomic E-state index is 0.0603. The van der Waals surface area contributed by atoms with E-state index in [4.69, 9.17) is 0 Å². The minimum atomic E-state index is -0.454. The summed E-state index contributed by atoms with van der Waals surface area (Å²) in [4.78, 5) is 25.1. The maximum atomic E-state index is 13.3. The topological polar surface area (TPSA) is 108 Å². The standard InChI is InChI=1S/C19H22FN7O/c1-11-12(2)25-18(27-17(11)22-5-4-14-7-23-24-8-14)19(28)26-13(3)15-6-16(20)10-21-9-15/h6-10,13H,4-5H2,1-3H3,(H,23,24)(H,26,28)(H,22,25,27). The van der Waals surface area contributed by atoms with Crippen molar-refractivity contribution in [3.8, 4) is 0 Å². The van der Waals surface area contributed by atoms with Crippen molar-refractivity contribution in [1.82, 2.24) is 30.5 Å². The minimum Gasteiger partial charge on any atom is -0.369 e. The number of nitrogens with one attached hydrogen (secondary N) is 3. The lowest BCUT2D eigenvalue weighted by Gasteiger charge is -2.15. The Kier molecular flexibility index (Phi) is 5.93. The zero-order chi connectivity index (χ0) is 20.1. The fourth-order valence-corrected chi connectivity index (χ4v) is 2.65. The van der Waals surface area contributed by atoms with Gasteiger partial charge in [-0.1, -0.05) is 0 Å². The van der Waals surface area contributed by atoms with Gasteiger partial charge in [0.25, 0.3) is 5.91 Å². The van der Waals surface area contributed by atoms with Gasteiger partial charge in [0.05, 0.1) is 18.4 Å². The molecule has 0 aromatic carbocycles. The number of pyridine rings is 1. The van der Waals surface area contributed by atoms with Gasteiger partial charge >= 0.3 is 0 Å². The summed E-state index contributed by atoms with van der Waals surface area (Å²) in [7, 11) is 0. The molecule has 0 saturated heterocycles. The molecule has 0 fully saturated rings. The van der Waals surface area contributed by atoms with E-state index in [9.17, 15) is 9.18 Å². The van der Waals surface area contributed by atoms with Gasteiger partial charge in [-0.2, -0.15) is 5.10 Å². The van der Waals surface area contributed by atoms with Gasteiger partial charge in [-0.3, -0.25) is 14.9 Å². The molecule has 0 spiro atoms. The number of carbonyl (C=O) groups is 1. The third kappa shape index (κ3) is 4.67. The van der Waals surface area contributed by atoms with Gasteiger partial charge in [0.2, 0.25) is 5.82 Å². The summed E-state index contributed by atoms with van der Waals surface area (Å²) < 4.78 is 13.3. The number of anilines is 1. The highest BCUT2D eigenvalue weighted by Crippen LogP contribution is 2.17. The third-order valence-corrected chi connectivity index (χ3v) is 4.43. The SMILES string of the molecule is Cc1nc(C(=O)NC(C)c2cncc(F)c2)nc(NCCc2cn[nH]c2)c1C. The molecule has 9 heteroatoms. The van der Waals surface area contributed by atoms with E-state index in [0.29, 0.717) is 23.6 Å². The van der Waals surface area contributed by atoms with E-state index in [0.717, 1.165) is 23.7 Å². The third-order valence-electron chi connectivity index (χ3n) is 4.43. The van der Waals surface area contributed by atoms with Gasteiger partial charge < -0.3 is 10.6 Å². The normalized spacial score (nSPS) is 11.9. The Hall–Kier alpha value is -3.36. The number of aryl methyl sites for hydroxylation is 1. The quantitative estimate of drug-likeness (QED) is 0.578. The average Bonchev–Trinajstić information content (AvgIpc) is 3.18. The summed E-state index contributed by atoms with van der Waals surface area (Å²) in [5.41, 5.74) is 3.24. The van der Waals surface area contributed by atoms with Gasteiger partial charge in [-0.25, -0.2) is 14.4 Å². The maximum absolute atomic E-state index is 13.3. The largest absolute Gasteiger partial charge is 0.369 e. The first kappa shape index (κ1) is 19.4. The molecule has 3 rings (SSSR count). The van der Waals surface area contributed by atoms with Gasteiger partial charge in [0.15, 0.2) is 0 Å². The first-order valence-corrected chi connectivity index (χ1v) is 8.92. The number of amides is 1. The Labute approximate surface area is 162 Å². The van der Waals surface area contributed by atoms with Crippen molar-refractivity contribution in [2.45, 2.75) is 33.2 Å². The van der Waals surface area contributed by atoms with Crippen LogP contribution in [0, 0.1) is 19.7 Å². The molecular formula is C19H22FN7O. The molecule has 146 valence electrons. The van der Waals surface area contributed by atoms with Crippen LogP contribution in [0.5, 0.6) is 0 Å². The molecular weight excluding hydrogens is 361 g/mol. The second-order valence-electron chi connectivity index (χ2n) is 6.52. The summed E-state index contributed by atoms with van der Waals surface area (Å²) in [5, 5.41) is 12.7. The Balaban J connectivity index is 1.70. The summed E-state index contributed by atoms with van der Waals surface area (Å²) in [6.07, 6.45) is 7.00. The zero-order valence-corrected chi connectivity index (χ0v) is 16.0. The van der Waals surface area contributed by atoms with Gasteiger partial charge in [-0.15, -0.1) is 0 Å². The molecule has 1 amide bonds. The molecule has 28 heavy (non-hydrogen) atoms. The van der Waals surface area contributed by atoms with Crippen LogP contribution in [0.3, 0.4) is 0 Å². The molecule has 3 N–H and O–H groups in total. The number of rotatable bonds is 7. The van der Waals surface area contributed by atoms with Crippen molar-refractivity contribution in [1.29, 1.82) is 0 Å². The van der Waals surface area contributed by atoms with Crippen molar-refractivity contribution in [2.75, 3.05) is 11.9 Å². The second-order valence-corrected chi connectivity index (χ2v) is 6.52. The van der Waals surface area contributed by atoms with E-state index in [1.54, 1.807) is 13.1 Å². The van der Waals surface area contributed by atoms with Crippen LogP contribution in [0.1, 0.15) is 46.0 Å². The Bertz CT molecular complexity index is 959. The predicted molar refractivity (Wildman–Crippen MR) is 102 cm³/mol. The molecule has 1 atom stereocenters. The highest BCUT2D eigenvalue weighted by Gasteiger charge is 2.17. The summed E-state index contributed by atoms with van der Waals surface area (Å²) in [6, 6.07) is 0.903. The molecule has 3 aromatic heterocycles. The molecule has 8 nitrogen and oxygen atoms in total. The Morgan fingerprint density at radius 1 is 1.25 bits per heavy atom. The van der Waals surface area contributed by atoms with Crippen LogP contribution < -0.4 is 10.6 Å². The van der Waals surface area contributed by atoms with Crippen molar-refractivity contribution in [2.24, 2.45) is 0 Å². The highest BCUT2D eigenvalue weighted by atomic mass is 19.1. The lowest BCUT2D eigenvalue weighted by molar-refractivity contribution is 0.0929. The average molecular weight is 383 g/mol. The number of hydrogen-bond acceptors (Lipinski definition) is 6. The van der Waals surface area contributed by atoms with Gasteiger partial charge in [0, 0.05) is 30.2 Å². The van der Waals surface area contributed by atoms with Crippen LogP contribution in [0.15, 0.2) is 30.9 Å². The number of H-pyrrole nitrogens is 1. The maximum Gasteiger partial charge on any atom is 0.289 e. The fourth-order valence-electron chi connectivity index (χ4n) is 2.65. The first-order chi connectivity index (χ1) is 13.4. The molecule has 3 aromatic rings.